The van der Waals surface area contributed by atoms with Crippen LogP contribution in [0, 0.1) is 5.82 Å². The standard InChI is InChI=1S/C21H22FN5/c1-23-21(26-14-11-16-4-2-3-5-20(16)26)24-13-10-18-12-15-27(25-18)19-8-6-17(22)7-9-19/h2-9,12,15H,10-11,13-14H2,1H3,(H,23,24). The normalized spacial score (nSPS) is 13.7. The molecule has 0 radical (unpaired) electrons. The van der Waals surface area contributed by atoms with Crippen molar-refractivity contribution in [3.63, 3.8) is 0 Å². The molecule has 0 atom stereocenters. The van der Waals surface area contributed by atoms with Crippen LogP contribution in [0.25, 0.3) is 5.69 Å². The molecule has 0 amide bonds. The predicted octanol–water partition coefficient (Wildman–Crippen LogP) is 3.19. The van der Waals surface area contributed by atoms with Crippen molar-refractivity contribution in [2.24, 2.45) is 4.99 Å². The summed E-state index contributed by atoms with van der Waals surface area (Å²) >= 11 is 0. The zero-order valence-electron chi connectivity index (χ0n) is 15.3. The minimum Gasteiger partial charge on any atom is -0.356 e. The van der Waals surface area contributed by atoms with Gasteiger partial charge in [0.05, 0.1) is 11.4 Å². The van der Waals surface area contributed by atoms with Crippen LogP contribution in [-0.2, 0) is 12.8 Å². The Kier molecular flexibility index (Phi) is 4.87. The molecule has 5 nitrogen and oxygen atoms in total. The van der Waals surface area contributed by atoms with Crippen LogP contribution in [0.4, 0.5) is 10.1 Å². The fraction of sp³-hybridized carbons (Fsp3) is 0.238. The minimum atomic E-state index is -0.245. The Morgan fingerprint density at radius 3 is 2.78 bits per heavy atom. The zero-order valence-corrected chi connectivity index (χ0v) is 15.3. The van der Waals surface area contributed by atoms with E-state index in [1.54, 1.807) is 16.8 Å². The smallest absolute Gasteiger partial charge is 0.198 e. The molecule has 138 valence electrons. The highest BCUT2D eigenvalue weighted by atomic mass is 19.1. The summed E-state index contributed by atoms with van der Waals surface area (Å²) in [5.74, 6) is 0.642. The second-order valence-corrected chi connectivity index (χ2v) is 6.48. The Morgan fingerprint density at radius 2 is 1.96 bits per heavy atom. The average molecular weight is 363 g/mol. The third kappa shape index (κ3) is 3.69. The van der Waals surface area contributed by atoms with E-state index in [-0.39, 0.29) is 5.82 Å². The highest BCUT2D eigenvalue weighted by Gasteiger charge is 2.22. The summed E-state index contributed by atoms with van der Waals surface area (Å²) in [6.07, 6.45) is 3.72. The summed E-state index contributed by atoms with van der Waals surface area (Å²) in [7, 11) is 1.81. The topological polar surface area (TPSA) is 45.5 Å². The van der Waals surface area contributed by atoms with E-state index >= 15 is 0 Å². The molecular formula is C21H22FN5. The molecular weight excluding hydrogens is 341 g/mol. The van der Waals surface area contributed by atoms with Crippen molar-refractivity contribution < 1.29 is 4.39 Å². The molecule has 6 heteroatoms. The van der Waals surface area contributed by atoms with Crippen LogP contribution in [0.15, 0.2) is 65.8 Å². The van der Waals surface area contributed by atoms with Gasteiger partial charge in [0, 0.05) is 38.4 Å². The molecule has 0 aliphatic carbocycles. The van der Waals surface area contributed by atoms with E-state index in [0.717, 1.165) is 43.3 Å². The van der Waals surface area contributed by atoms with E-state index in [4.69, 9.17) is 0 Å². The number of fused-ring (bicyclic) bond motifs is 1. The molecule has 1 aliphatic heterocycles. The van der Waals surface area contributed by atoms with E-state index in [1.165, 1.54) is 23.4 Å². The van der Waals surface area contributed by atoms with Crippen LogP contribution in [0.3, 0.4) is 0 Å². The van der Waals surface area contributed by atoms with Gasteiger partial charge in [-0.1, -0.05) is 18.2 Å². The van der Waals surface area contributed by atoms with Crippen LogP contribution in [0.5, 0.6) is 0 Å². The Bertz CT molecular complexity index is 945. The first kappa shape index (κ1) is 17.3. The number of rotatable bonds is 4. The SMILES string of the molecule is CN=C(NCCc1ccn(-c2ccc(F)cc2)n1)N1CCc2ccccc21. The summed E-state index contributed by atoms with van der Waals surface area (Å²) in [5.41, 5.74) is 4.41. The van der Waals surface area contributed by atoms with Gasteiger partial charge in [0.25, 0.3) is 0 Å². The first-order valence-electron chi connectivity index (χ1n) is 9.11. The molecule has 27 heavy (non-hydrogen) atoms. The van der Waals surface area contributed by atoms with Gasteiger partial charge in [-0.2, -0.15) is 5.10 Å². The molecule has 1 aromatic heterocycles. The lowest BCUT2D eigenvalue weighted by atomic mass is 10.2. The molecule has 1 N–H and O–H groups in total. The van der Waals surface area contributed by atoms with Crippen molar-refractivity contribution in [1.29, 1.82) is 0 Å². The number of benzene rings is 2. The third-order valence-electron chi connectivity index (χ3n) is 4.75. The number of hydrogen-bond acceptors (Lipinski definition) is 2. The van der Waals surface area contributed by atoms with Crippen molar-refractivity contribution in [1.82, 2.24) is 15.1 Å². The van der Waals surface area contributed by atoms with Gasteiger partial charge in [-0.05, 0) is 48.4 Å². The number of aliphatic imine (C=N–C) groups is 1. The van der Waals surface area contributed by atoms with E-state index in [1.807, 2.05) is 19.3 Å². The number of para-hydroxylation sites is 1. The molecule has 0 saturated heterocycles. The second kappa shape index (κ2) is 7.61. The van der Waals surface area contributed by atoms with Crippen molar-refractivity contribution in [3.05, 3.63) is 77.9 Å². The quantitative estimate of drug-likeness (QED) is 0.572. The molecule has 2 heterocycles. The van der Waals surface area contributed by atoms with Gasteiger partial charge < -0.3 is 10.2 Å². The lowest BCUT2D eigenvalue weighted by Gasteiger charge is -2.22. The van der Waals surface area contributed by atoms with E-state index in [0.29, 0.717) is 0 Å². The summed E-state index contributed by atoms with van der Waals surface area (Å²) in [5, 5.41) is 8.00. The minimum absolute atomic E-state index is 0.245. The van der Waals surface area contributed by atoms with Crippen molar-refractivity contribution >= 4 is 11.6 Å². The zero-order chi connectivity index (χ0) is 18.6. The largest absolute Gasteiger partial charge is 0.356 e. The van der Waals surface area contributed by atoms with Crippen molar-refractivity contribution in [2.75, 3.05) is 25.0 Å². The first-order valence-corrected chi connectivity index (χ1v) is 9.11. The van der Waals surface area contributed by atoms with E-state index < -0.39 is 0 Å². The van der Waals surface area contributed by atoms with Gasteiger partial charge in [0.15, 0.2) is 5.96 Å². The number of hydrogen-bond donors (Lipinski definition) is 1. The fourth-order valence-corrected chi connectivity index (χ4v) is 3.39. The third-order valence-corrected chi connectivity index (χ3v) is 4.75. The molecule has 3 aromatic rings. The monoisotopic (exact) mass is 363 g/mol. The first-order chi connectivity index (χ1) is 13.2. The van der Waals surface area contributed by atoms with Crippen LogP contribution in [-0.4, -0.2) is 35.9 Å². The number of nitrogens with one attached hydrogen (secondary N) is 1. The molecule has 2 aromatic carbocycles. The van der Waals surface area contributed by atoms with Crippen molar-refractivity contribution in [2.45, 2.75) is 12.8 Å². The number of guanidine groups is 1. The molecule has 0 saturated carbocycles. The second-order valence-electron chi connectivity index (χ2n) is 6.48. The molecule has 0 unspecified atom stereocenters. The number of nitrogens with zero attached hydrogens (tertiary/aromatic N) is 4. The summed E-state index contributed by atoms with van der Waals surface area (Å²) in [6, 6.07) is 16.8. The van der Waals surface area contributed by atoms with Crippen molar-refractivity contribution in [3.8, 4) is 5.69 Å². The molecule has 0 bridgehead atoms. The van der Waals surface area contributed by atoms with Gasteiger partial charge in [-0.25, -0.2) is 9.07 Å². The number of halogens is 1. The maximum absolute atomic E-state index is 13.1. The van der Waals surface area contributed by atoms with E-state index in [9.17, 15) is 4.39 Å². The van der Waals surface area contributed by atoms with Gasteiger partial charge in [0.2, 0.25) is 0 Å². The predicted molar refractivity (Wildman–Crippen MR) is 106 cm³/mol. The maximum atomic E-state index is 13.1. The molecule has 1 aliphatic rings. The average Bonchev–Trinajstić information content (AvgIpc) is 3.33. The fourth-order valence-electron chi connectivity index (χ4n) is 3.39. The Hall–Kier alpha value is -3.15. The van der Waals surface area contributed by atoms with Crippen LogP contribution in [0.2, 0.25) is 0 Å². The van der Waals surface area contributed by atoms with Gasteiger partial charge in [0.1, 0.15) is 5.82 Å². The Labute approximate surface area is 158 Å². The van der Waals surface area contributed by atoms with Gasteiger partial charge >= 0.3 is 0 Å². The highest BCUT2D eigenvalue weighted by molar-refractivity contribution is 5.97. The Balaban J connectivity index is 1.36. The molecule has 0 fully saturated rings. The lowest BCUT2D eigenvalue weighted by Crippen LogP contribution is -2.41. The number of aromatic nitrogens is 2. The summed E-state index contributed by atoms with van der Waals surface area (Å²) in [4.78, 5) is 6.66. The van der Waals surface area contributed by atoms with Crippen LogP contribution < -0.4 is 10.2 Å². The van der Waals surface area contributed by atoms with Gasteiger partial charge in [-0.15, -0.1) is 0 Å². The van der Waals surface area contributed by atoms with Crippen LogP contribution in [0.1, 0.15) is 11.3 Å². The molecule has 0 spiro atoms. The number of anilines is 1. The van der Waals surface area contributed by atoms with Crippen LogP contribution >= 0.6 is 0 Å². The molecule has 4 rings (SSSR count). The summed E-state index contributed by atoms with van der Waals surface area (Å²) < 4.78 is 14.8. The Morgan fingerprint density at radius 1 is 1.15 bits per heavy atom. The lowest BCUT2D eigenvalue weighted by molar-refractivity contribution is 0.627. The maximum Gasteiger partial charge on any atom is 0.198 e. The highest BCUT2D eigenvalue weighted by Crippen LogP contribution is 2.27. The summed E-state index contributed by atoms with van der Waals surface area (Å²) in [6.45, 7) is 1.68. The van der Waals surface area contributed by atoms with Gasteiger partial charge in [-0.3, -0.25) is 4.99 Å². The van der Waals surface area contributed by atoms with E-state index in [2.05, 4.69) is 44.6 Å².